The summed E-state index contributed by atoms with van der Waals surface area (Å²) < 4.78 is 58.5. The van der Waals surface area contributed by atoms with E-state index >= 15 is 0 Å². The van der Waals surface area contributed by atoms with Gasteiger partial charge in [0, 0.05) is 22.2 Å². The summed E-state index contributed by atoms with van der Waals surface area (Å²) >= 11 is 0. The van der Waals surface area contributed by atoms with Crippen molar-refractivity contribution in [2.75, 3.05) is 11.9 Å². The Hall–Kier alpha value is -4.65. The number of halogens is 4. The van der Waals surface area contributed by atoms with Gasteiger partial charge in [0.05, 0.1) is 23.9 Å². The highest BCUT2D eigenvalue weighted by Gasteiger charge is 2.56. The van der Waals surface area contributed by atoms with Gasteiger partial charge < -0.3 is 26.6 Å². The Morgan fingerprint density at radius 1 is 1.09 bits per heavy atom. The Kier molecular flexibility index (Phi) is 8.65. The summed E-state index contributed by atoms with van der Waals surface area (Å²) in [5.41, 5.74) is 2.56. The van der Waals surface area contributed by atoms with Gasteiger partial charge in [0.1, 0.15) is 17.6 Å². The number of rotatable bonds is 10. The zero-order valence-corrected chi connectivity index (χ0v) is 24.5. The van der Waals surface area contributed by atoms with Crippen LogP contribution < -0.4 is 16.4 Å². The second kappa shape index (κ2) is 11.8. The molecule has 3 aromatic carbocycles. The van der Waals surface area contributed by atoms with E-state index in [0.717, 1.165) is 18.2 Å². The molecule has 13 heteroatoms. The fraction of sp³-hybridized carbons (Fsp3) is 0.323. The maximum atomic E-state index is 14.4. The van der Waals surface area contributed by atoms with Crippen LogP contribution in [0.4, 0.5) is 23.2 Å². The van der Waals surface area contributed by atoms with Crippen molar-refractivity contribution in [3.8, 4) is 11.4 Å². The second-order valence-corrected chi connectivity index (χ2v) is 11.6. The van der Waals surface area contributed by atoms with Gasteiger partial charge in [-0.15, -0.1) is 0 Å². The molecule has 0 aliphatic rings. The van der Waals surface area contributed by atoms with Gasteiger partial charge in [0.15, 0.2) is 5.60 Å². The third kappa shape index (κ3) is 6.62. The van der Waals surface area contributed by atoms with E-state index in [1.807, 2.05) is 0 Å². The zero-order valence-electron chi connectivity index (χ0n) is 24.5. The molecular weight excluding hydrogens is 582 g/mol. The molecule has 0 fully saturated rings. The fourth-order valence-electron chi connectivity index (χ4n) is 5.13. The van der Waals surface area contributed by atoms with E-state index in [0.29, 0.717) is 22.2 Å². The lowest BCUT2D eigenvalue weighted by atomic mass is 9.74. The minimum atomic E-state index is -5.08. The fourth-order valence-corrected chi connectivity index (χ4v) is 5.13. The smallest absolute Gasteiger partial charge is 0.418 e. The molecule has 4 rings (SSSR count). The number of nitrogens with zero attached hydrogens (tertiary/aromatic N) is 2. The van der Waals surface area contributed by atoms with Gasteiger partial charge >= 0.3 is 6.18 Å². The summed E-state index contributed by atoms with van der Waals surface area (Å²) in [6.45, 7) is 5.01. The number of phenols is 1. The van der Waals surface area contributed by atoms with Crippen LogP contribution in [0.5, 0.6) is 5.75 Å². The number of nitrogens with one attached hydrogen (secondary N) is 2. The highest BCUT2D eigenvalue weighted by molar-refractivity contribution is 5.98. The Morgan fingerprint density at radius 3 is 2.45 bits per heavy atom. The number of nitrogens with two attached hydrogens (primary N) is 1. The van der Waals surface area contributed by atoms with Crippen molar-refractivity contribution in [2.24, 2.45) is 5.73 Å². The number of aromatic nitrogens is 2. The number of carbonyl (C=O) groups excluding carboxylic acids is 2. The maximum Gasteiger partial charge on any atom is 0.418 e. The minimum Gasteiger partial charge on any atom is -0.508 e. The molecule has 0 saturated heterocycles. The van der Waals surface area contributed by atoms with E-state index in [4.69, 9.17) is 5.73 Å². The van der Waals surface area contributed by atoms with Crippen LogP contribution in [-0.4, -0.2) is 56.2 Å². The van der Waals surface area contributed by atoms with Gasteiger partial charge in [0.2, 0.25) is 5.91 Å². The molecule has 4 aromatic rings. The zero-order chi connectivity index (χ0) is 32.6. The lowest BCUT2D eigenvalue weighted by Crippen LogP contribution is -2.53. The molecule has 1 unspecified atom stereocenters. The maximum absolute atomic E-state index is 14.4. The number of aliphatic hydroxyl groups is 1. The number of carbonyl (C=O) groups is 2. The number of aryl methyl sites for hydroxylation is 1. The largest absolute Gasteiger partial charge is 0.508 e. The molecule has 2 amide bonds. The first-order valence-electron chi connectivity index (χ1n) is 13.6. The number of fused-ring (bicyclic) bond motifs is 1. The van der Waals surface area contributed by atoms with Gasteiger partial charge in [-0.1, -0.05) is 19.9 Å². The molecule has 0 saturated carbocycles. The molecule has 0 aliphatic heterocycles. The Bertz CT molecular complexity index is 1720. The van der Waals surface area contributed by atoms with Crippen LogP contribution in [0.3, 0.4) is 0 Å². The highest BCUT2D eigenvalue weighted by atomic mass is 19.4. The summed E-state index contributed by atoms with van der Waals surface area (Å²) in [5, 5.41) is 31.3. The van der Waals surface area contributed by atoms with Crippen LogP contribution in [0.25, 0.3) is 16.6 Å². The molecule has 0 aliphatic carbocycles. The van der Waals surface area contributed by atoms with E-state index in [1.54, 1.807) is 37.3 Å². The van der Waals surface area contributed by atoms with Crippen LogP contribution in [0.15, 0.2) is 60.8 Å². The van der Waals surface area contributed by atoms with Crippen molar-refractivity contribution in [3.63, 3.8) is 0 Å². The Balaban J connectivity index is 1.65. The molecule has 9 nitrogen and oxygen atoms in total. The van der Waals surface area contributed by atoms with E-state index in [1.165, 1.54) is 37.7 Å². The summed E-state index contributed by atoms with van der Waals surface area (Å²) in [6.07, 6.45) is -4.52. The number of hydrogen-bond donors (Lipinski definition) is 5. The first kappa shape index (κ1) is 32.3. The molecule has 234 valence electrons. The standard InChI is InChI=1S/C31H33F4N5O4/c1-17-10-24(37-16-30(44,31(33,34)35)15-29(3,4)23-13-20(32)8-9-26(23)41)22-14-38-40(25(22)11-17)21-7-5-6-19(12-21)28(43)39-18(2)27(36)42/h5-14,18,37,41,44H,15-16H2,1-4H3,(H2,36,42)(H,39,43)/t18-,30?/m0/s1. The van der Waals surface area contributed by atoms with Gasteiger partial charge in [-0.2, -0.15) is 18.3 Å². The predicted octanol–water partition coefficient (Wildman–Crippen LogP) is 4.86. The number of primary amides is 1. The highest BCUT2D eigenvalue weighted by Crippen LogP contribution is 2.44. The first-order valence-corrected chi connectivity index (χ1v) is 13.6. The molecule has 0 spiro atoms. The number of hydrogen-bond acceptors (Lipinski definition) is 6. The average molecular weight is 616 g/mol. The number of phenolic OH excluding ortho intramolecular Hbond substituents is 1. The lowest BCUT2D eigenvalue weighted by Gasteiger charge is -2.38. The van der Waals surface area contributed by atoms with Gasteiger partial charge in [-0.05, 0) is 79.8 Å². The molecule has 1 heterocycles. The van der Waals surface area contributed by atoms with E-state index in [-0.39, 0.29) is 22.6 Å². The third-order valence-corrected chi connectivity index (χ3v) is 7.48. The van der Waals surface area contributed by atoms with Crippen molar-refractivity contribution in [2.45, 2.75) is 57.3 Å². The molecule has 44 heavy (non-hydrogen) atoms. The Morgan fingerprint density at radius 2 is 1.80 bits per heavy atom. The predicted molar refractivity (Wildman–Crippen MR) is 157 cm³/mol. The first-order chi connectivity index (χ1) is 20.4. The minimum absolute atomic E-state index is 0.0700. The van der Waals surface area contributed by atoms with Crippen LogP contribution >= 0.6 is 0 Å². The van der Waals surface area contributed by atoms with Gasteiger partial charge in [-0.25, -0.2) is 9.07 Å². The Labute approximate surface area is 250 Å². The van der Waals surface area contributed by atoms with Crippen molar-refractivity contribution < 1.29 is 37.4 Å². The van der Waals surface area contributed by atoms with Crippen molar-refractivity contribution in [1.82, 2.24) is 15.1 Å². The third-order valence-electron chi connectivity index (χ3n) is 7.48. The number of benzene rings is 3. The summed E-state index contributed by atoms with van der Waals surface area (Å²) in [5.74, 6) is -2.35. The van der Waals surface area contributed by atoms with E-state index < -0.39 is 53.8 Å². The van der Waals surface area contributed by atoms with Crippen LogP contribution in [0, 0.1) is 12.7 Å². The monoisotopic (exact) mass is 615 g/mol. The average Bonchev–Trinajstić information content (AvgIpc) is 3.36. The summed E-state index contributed by atoms with van der Waals surface area (Å²) in [7, 11) is 0. The number of aromatic hydroxyl groups is 1. The molecule has 0 bridgehead atoms. The molecule has 6 N–H and O–H groups in total. The summed E-state index contributed by atoms with van der Waals surface area (Å²) in [4.78, 5) is 24.0. The van der Waals surface area contributed by atoms with E-state index in [2.05, 4.69) is 15.7 Å². The quantitative estimate of drug-likeness (QED) is 0.161. The number of alkyl halides is 3. The van der Waals surface area contributed by atoms with Crippen molar-refractivity contribution in [3.05, 3.63) is 83.3 Å². The normalized spacial score (nSPS) is 14.2. The summed E-state index contributed by atoms with van der Waals surface area (Å²) in [6, 6.07) is 11.9. The van der Waals surface area contributed by atoms with Crippen LogP contribution in [0.1, 0.15) is 48.7 Å². The molecule has 1 aromatic heterocycles. The SMILES string of the molecule is Cc1cc(NCC(O)(CC(C)(C)c2cc(F)ccc2O)C(F)(F)F)c2cnn(-c3cccc(C(=O)N[C@@H](C)C(N)=O)c3)c2c1. The van der Waals surface area contributed by atoms with Crippen LogP contribution in [-0.2, 0) is 10.2 Å². The number of amides is 2. The topological polar surface area (TPSA) is 142 Å². The number of anilines is 1. The van der Waals surface area contributed by atoms with Gasteiger partial charge in [-0.3, -0.25) is 9.59 Å². The second-order valence-electron chi connectivity index (χ2n) is 11.6. The lowest BCUT2D eigenvalue weighted by molar-refractivity contribution is -0.260. The van der Waals surface area contributed by atoms with Crippen molar-refractivity contribution >= 4 is 28.4 Å². The van der Waals surface area contributed by atoms with Crippen molar-refractivity contribution in [1.29, 1.82) is 0 Å². The van der Waals surface area contributed by atoms with Crippen LogP contribution in [0.2, 0.25) is 0 Å². The molecular formula is C31H33F4N5O4. The molecule has 2 atom stereocenters. The van der Waals surface area contributed by atoms with Gasteiger partial charge in [0.25, 0.3) is 5.91 Å². The molecule has 0 radical (unpaired) electrons. The van der Waals surface area contributed by atoms with E-state index in [9.17, 15) is 37.4 Å².